The van der Waals surface area contributed by atoms with Crippen molar-refractivity contribution in [2.45, 2.75) is 20.0 Å². The molecule has 0 aliphatic heterocycles. The normalized spacial score (nSPS) is 13.1. The van der Waals surface area contributed by atoms with Crippen LogP contribution >= 0.6 is 22.9 Å². The summed E-state index contributed by atoms with van der Waals surface area (Å²) < 4.78 is 3.81. The van der Waals surface area contributed by atoms with E-state index in [0.717, 1.165) is 15.4 Å². The van der Waals surface area contributed by atoms with Crippen LogP contribution in [0.1, 0.15) is 26.4 Å². The van der Waals surface area contributed by atoms with Crippen LogP contribution in [0.2, 0.25) is 0 Å². The third-order valence-corrected chi connectivity index (χ3v) is 3.90. The number of thiophene rings is 1. The molecule has 0 bridgehead atoms. The van der Waals surface area contributed by atoms with Crippen LogP contribution in [-0.4, -0.2) is 14.7 Å². The fourth-order valence-electron chi connectivity index (χ4n) is 1.22. The van der Waals surface area contributed by atoms with Gasteiger partial charge in [0, 0.05) is 9.75 Å². The molecule has 0 spiro atoms. The van der Waals surface area contributed by atoms with Gasteiger partial charge in [-0.15, -0.1) is 16.4 Å². The summed E-state index contributed by atoms with van der Waals surface area (Å²) in [6.07, 6.45) is -0.561. The van der Waals surface area contributed by atoms with E-state index in [1.807, 2.05) is 26.0 Å². The average Bonchev–Trinajstić information content (AvgIpc) is 2.73. The van der Waals surface area contributed by atoms with Gasteiger partial charge in [-0.3, -0.25) is 0 Å². The molecular formula is C9H10N2OS2. The summed E-state index contributed by atoms with van der Waals surface area (Å²) in [6, 6.07) is 3.96. The first-order valence-electron chi connectivity index (χ1n) is 4.21. The maximum Gasteiger partial charge on any atom is 0.126 e. The van der Waals surface area contributed by atoms with E-state index in [1.54, 1.807) is 11.3 Å². The average molecular weight is 226 g/mol. The number of aliphatic hydroxyl groups excluding tert-OH is 1. The van der Waals surface area contributed by atoms with Crippen LogP contribution in [0.3, 0.4) is 0 Å². The summed E-state index contributed by atoms with van der Waals surface area (Å²) in [7, 11) is 0. The Balaban J connectivity index is 2.33. The van der Waals surface area contributed by atoms with Crippen molar-refractivity contribution in [2.75, 3.05) is 0 Å². The van der Waals surface area contributed by atoms with E-state index in [4.69, 9.17) is 0 Å². The fraction of sp³-hybridized carbons (Fsp3) is 0.333. The first-order valence-corrected chi connectivity index (χ1v) is 5.80. The maximum absolute atomic E-state index is 10.0. The Kier molecular flexibility index (Phi) is 2.62. The summed E-state index contributed by atoms with van der Waals surface area (Å²) in [5.74, 6) is 0. The predicted molar refractivity (Wildman–Crippen MR) is 57.8 cm³/mol. The highest BCUT2D eigenvalue weighted by Crippen LogP contribution is 2.30. The highest BCUT2D eigenvalue weighted by molar-refractivity contribution is 7.12. The van der Waals surface area contributed by atoms with Crippen molar-refractivity contribution in [3.05, 3.63) is 32.5 Å². The Labute approximate surface area is 90.2 Å². The van der Waals surface area contributed by atoms with Gasteiger partial charge >= 0.3 is 0 Å². The second kappa shape index (κ2) is 3.76. The number of hydrogen-bond donors (Lipinski definition) is 1. The van der Waals surface area contributed by atoms with E-state index in [1.165, 1.54) is 16.4 Å². The van der Waals surface area contributed by atoms with E-state index in [2.05, 4.69) is 9.59 Å². The van der Waals surface area contributed by atoms with Crippen LogP contribution in [0.4, 0.5) is 0 Å². The smallest absolute Gasteiger partial charge is 0.126 e. The molecule has 0 fully saturated rings. The quantitative estimate of drug-likeness (QED) is 0.854. The highest BCUT2D eigenvalue weighted by Gasteiger charge is 2.17. The van der Waals surface area contributed by atoms with E-state index < -0.39 is 6.10 Å². The van der Waals surface area contributed by atoms with Crippen molar-refractivity contribution >= 4 is 22.9 Å². The van der Waals surface area contributed by atoms with E-state index >= 15 is 0 Å². The van der Waals surface area contributed by atoms with Crippen molar-refractivity contribution in [1.82, 2.24) is 9.59 Å². The molecule has 2 aromatic rings. The Hall–Kier alpha value is -0.780. The molecule has 2 aromatic heterocycles. The van der Waals surface area contributed by atoms with Gasteiger partial charge in [-0.05, 0) is 37.5 Å². The largest absolute Gasteiger partial charge is 0.382 e. The Morgan fingerprint density at radius 2 is 2.14 bits per heavy atom. The summed E-state index contributed by atoms with van der Waals surface area (Å²) in [5.41, 5.74) is 0.813. The molecule has 0 radical (unpaired) electrons. The van der Waals surface area contributed by atoms with Gasteiger partial charge in [0.1, 0.15) is 6.10 Å². The Morgan fingerprint density at radius 1 is 1.36 bits per heavy atom. The van der Waals surface area contributed by atoms with Crippen molar-refractivity contribution in [3.63, 3.8) is 0 Å². The summed E-state index contributed by atoms with van der Waals surface area (Å²) in [4.78, 5) is 3.00. The van der Waals surface area contributed by atoms with Crippen LogP contribution in [-0.2, 0) is 0 Å². The first-order chi connectivity index (χ1) is 6.68. The summed E-state index contributed by atoms with van der Waals surface area (Å²) in [5, 5.41) is 13.9. The number of aliphatic hydroxyl groups is 1. The maximum atomic E-state index is 10.0. The fourth-order valence-corrected chi connectivity index (χ4v) is 2.82. The lowest BCUT2D eigenvalue weighted by Gasteiger charge is -2.04. The van der Waals surface area contributed by atoms with Crippen molar-refractivity contribution in [2.24, 2.45) is 0 Å². The van der Waals surface area contributed by atoms with Gasteiger partial charge in [-0.1, -0.05) is 4.49 Å². The van der Waals surface area contributed by atoms with Gasteiger partial charge in [-0.2, -0.15) is 0 Å². The van der Waals surface area contributed by atoms with Gasteiger partial charge in [0.2, 0.25) is 0 Å². The molecule has 74 valence electrons. The molecule has 0 aromatic carbocycles. The number of rotatable bonds is 2. The first kappa shape index (κ1) is 9.76. The molecule has 1 N–H and O–H groups in total. The van der Waals surface area contributed by atoms with Gasteiger partial charge in [0.15, 0.2) is 0 Å². The number of nitrogens with zero attached hydrogens (tertiary/aromatic N) is 2. The third kappa shape index (κ3) is 1.70. The standard InChI is InChI=1S/C9H10N2OS2/c1-5-3-4-7(13-5)8(12)9-6(2)10-11-14-9/h3-4,8,12H,1-2H3. The molecule has 2 rings (SSSR count). The molecule has 3 nitrogen and oxygen atoms in total. The Bertz CT molecular complexity index is 435. The zero-order chi connectivity index (χ0) is 10.1. The zero-order valence-corrected chi connectivity index (χ0v) is 9.52. The number of aromatic nitrogens is 2. The van der Waals surface area contributed by atoms with Gasteiger partial charge in [0.25, 0.3) is 0 Å². The summed E-state index contributed by atoms with van der Waals surface area (Å²) in [6.45, 7) is 3.89. The minimum absolute atomic E-state index is 0.561. The minimum atomic E-state index is -0.561. The van der Waals surface area contributed by atoms with Crippen molar-refractivity contribution in [1.29, 1.82) is 0 Å². The second-order valence-electron chi connectivity index (χ2n) is 3.07. The SMILES string of the molecule is Cc1ccc(C(O)c2snnc2C)s1. The van der Waals surface area contributed by atoms with E-state index in [-0.39, 0.29) is 0 Å². The predicted octanol–water partition coefficient (Wildman–Crippen LogP) is 2.30. The van der Waals surface area contributed by atoms with Crippen LogP contribution in [0, 0.1) is 13.8 Å². The second-order valence-corrected chi connectivity index (χ2v) is 5.18. The number of aryl methyl sites for hydroxylation is 2. The molecule has 14 heavy (non-hydrogen) atoms. The van der Waals surface area contributed by atoms with E-state index in [9.17, 15) is 5.11 Å². The molecule has 0 amide bonds. The van der Waals surface area contributed by atoms with Crippen LogP contribution in [0.15, 0.2) is 12.1 Å². The summed E-state index contributed by atoms with van der Waals surface area (Å²) >= 11 is 2.86. The van der Waals surface area contributed by atoms with Crippen LogP contribution in [0.25, 0.3) is 0 Å². The molecule has 0 saturated heterocycles. The lowest BCUT2D eigenvalue weighted by molar-refractivity contribution is 0.227. The molecule has 1 unspecified atom stereocenters. The van der Waals surface area contributed by atoms with Crippen molar-refractivity contribution in [3.8, 4) is 0 Å². The number of hydrogen-bond acceptors (Lipinski definition) is 5. The molecule has 0 aliphatic carbocycles. The Morgan fingerprint density at radius 3 is 2.64 bits per heavy atom. The monoisotopic (exact) mass is 226 g/mol. The van der Waals surface area contributed by atoms with E-state index in [0.29, 0.717) is 0 Å². The van der Waals surface area contributed by atoms with Crippen LogP contribution < -0.4 is 0 Å². The van der Waals surface area contributed by atoms with Gasteiger partial charge in [0.05, 0.1) is 10.6 Å². The lowest BCUT2D eigenvalue weighted by atomic mass is 10.2. The zero-order valence-electron chi connectivity index (χ0n) is 7.89. The van der Waals surface area contributed by atoms with Gasteiger partial charge in [-0.25, -0.2) is 0 Å². The molecular weight excluding hydrogens is 216 g/mol. The molecule has 0 saturated carbocycles. The van der Waals surface area contributed by atoms with Crippen LogP contribution in [0.5, 0.6) is 0 Å². The molecule has 5 heteroatoms. The molecule has 1 atom stereocenters. The molecule has 2 heterocycles. The lowest BCUT2D eigenvalue weighted by Crippen LogP contribution is -1.95. The molecule has 0 aliphatic rings. The van der Waals surface area contributed by atoms with Crippen molar-refractivity contribution < 1.29 is 5.11 Å². The minimum Gasteiger partial charge on any atom is -0.382 e. The third-order valence-electron chi connectivity index (χ3n) is 1.97. The van der Waals surface area contributed by atoms with Gasteiger partial charge < -0.3 is 5.11 Å². The highest BCUT2D eigenvalue weighted by atomic mass is 32.1. The topological polar surface area (TPSA) is 46.0 Å².